The van der Waals surface area contributed by atoms with Crippen LogP contribution in [0, 0.1) is 11.8 Å². The highest BCUT2D eigenvalue weighted by atomic mass is 28.4. The number of ether oxygens (including phenoxy) is 2. The van der Waals surface area contributed by atoms with Crippen LogP contribution in [0.2, 0.25) is 18.1 Å². The lowest BCUT2D eigenvalue weighted by Crippen LogP contribution is -2.44. The van der Waals surface area contributed by atoms with Crippen molar-refractivity contribution in [3.05, 3.63) is 0 Å². The van der Waals surface area contributed by atoms with Crippen LogP contribution >= 0.6 is 0 Å². The minimum absolute atomic E-state index is 0.0364. The Bertz CT molecular complexity index is 657. The molecule has 6 atom stereocenters. The van der Waals surface area contributed by atoms with Crippen molar-refractivity contribution in [3.8, 4) is 0 Å². The zero-order valence-electron chi connectivity index (χ0n) is 25.5. The first-order valence-corrected chi connectivity index (χ1v) is 18.7. The molecule has 0 aromatic heterocycles. The maximum absolute atomic E-state index is 11.1. The van der Waals surface area contributed by atoms with Gasteiger partial charge in [0.25, 0.3) is 0 Å². The predicted molar refractivity (Wildman–Crippen MR) is 157 cm³/mol. The van der Waals surface area contributed by atoms with Gasteiger partial charge in [-0.3, -0.25) is 4.79 Å². The van der Waals surface area contributed by atoms with Crippen LogP contribution in [0.3, 0.4) is 0 Å². The van der Waals surface area contributed by atoms with Crippen LogP contribution in [0.15, 0.2) is 0 Å². The van der Waals surface area contributed by atoms with Gasteiger partial charge in [-0.15, -0.1) is 0 Å². The molecule has 2 fully saturated rings. The number of rotatable bonds is 18. The SMILES string of the molecule is CCCCC[C@@H](CC[C@H]1C(OC2CCCCO2)C[C@H](O)[C@@H]1CCCCCCC(=O)O)O[Si](C)(C)C(C)(C)C. The van der Waals surface area contributed by atoms with Gasteiger partial charge in [0.05, 0.1) is 12.2 Å². The molecule has 0 aromatic carbocycles. The molecular weight excluding hydrogens is 496 g/mol. The van der Waals surface area contributed by atoms with E-state index in [1.165, 1.54) is 19.3 Å². The van der Waals surface area contributed by atoms with E-state index >= 15 is 0 Å². The highest BCUT2D eigenvalue weighted by molar-refractivity contribution is 6.74. The molecule has 1 aliphatic carbocycles. The molecule has 38 heavy (non-hydrogen) atoms. The second-order valence-electron chi connectivity index (χ2n) is 13.5. The van der Waals surface area contributed by atoms with Gasteiger partial charge < -0.3 is 24.1 Å². The highest BCUT2D eigenvalue weighted by Gasteiger charge is 2.44. The normalized spacial score (nSPS) is 27.5. The third-order valence-electron chi connectivity index (χ3n) is 9.36. The fourth-order valence-electron chi connectivity index (χ4n) is 5.99. The first-order valence-electron chi connectivity index (χ1n) is 15.8. The Morgan fingerprint density at radius 1 is 1.00 bits per heavy atom. The standard InChI is InChI=1S/C31H60O6Si/c1-7-8-11-16-24(37-38(5,6)31(2,3)4)20-21-26-25(17-12-9-10-13-18-29(33)34)27(32)23-28(26)36-30-19-14-15-22-35-30/h24-28,30,32H,7-23H2,1-6H3,(H,33,34)/t24-,25+,26+,27-,28?,30?/m0/s1. The minimum atomic E-state index is -1.87. The summed E-state index contributed by atoms with van der Waals surface area (Å²) in [6, 6.07) is 0. The summed E-state index contributed by atoms with van der Waals surface area (Å²) in [5.41, 5.74) is 0. The van der Waals surface area contributed by atoms with Crippen molar-refractivity contribution in [1.29, 1.82) is 0 Å². The average molecular weight is 557 g/mol. The third kappa shape index (κ3) is 11.6. The topological polar surface area (TPSA) is 85.2 Å². The second-order valence-corrected chi connectivity index (χ2v) is 18.3. The van der Waals surface area contributed by atoms with Crippen LogP contribution in [0.5, 0.6) is 0 Å². The Kier molecular flexibility index (Phi) is 14.8. The molecule has 0 radical (unpaired) electrons. The number of aliphatic hydroxyl groups is 1. The lowest BCUT2D eigenvalue weighted by Gasteiger charge is -2.40. The zero-order valence-corrected chi connectivity index (χ0v) is 26.5. The Hall–Kier alpha value is -0.473. The average Bonchev–Trinajstić information content (AvgIpc) is 3.12. The summed E-state index contributed by atoms with van der Waals surface area (Å²) in [5, 5.41) is 20.2. The van der Waals surface area contributed by atoms with Crippen molar-refractivity contribution < 1.29 is 28.9 Å². The fraction of sp³-hybridized carbons (Fsp3) is 0.968. The van der Waals surface area contributed by atoms with Crippen LogP contribution in [0.1, 0.15) is 130 Å². The molecule has 2 unspecified atom stereocenters. The molecule has 1 saturated heterocycles. The summed E-state index contributed by atoms with van der Waals surface area (Å²) in [4.78, 5) is 10.8. The monoisotopic (exact) mass is 556 g/mol. The van der Waals surface area contributed by atoms with Crippen LogP contribution in [-0.4, -0.2) is 55.7 Å². The van der Waals surface area contributed by atoms with Crippen molar-refractivity contribution >= 4 is 14.3 Å². The molecule has 2 rings (SSSR count). The number of hydrogen-bond acceptors (Lipinski definition) is 5. The molecular formula is C31H60O6Si. The third-order valence-corrected chi connectivity index (χ3v) is 13.9. The molecule has 0 spiro atoms. The van der Waals surface area contributed by atoms with Crippen molar-refractivity contribution in [1.82, 2.24) is 0 Å². The number of aliphatic carboxylic acids is 1. The Morgan fingerprint density at radius 2 is 1.74 bits per heavy atom. The molecule has 1 saturated carbocycles. The summed E-state index contributed by atoms with van der Waals surface area (Å²) in [7, 11) is -1.87. The smallest absolute Gasteiger partial charge is 0.303 e. The molecule has 0 aromatic rings. The molecule has 1 heterocycles. The number of aliphatic hydroxyl groups excluding tert-OH is 1. The van der Waals surface area contributed by atoms with E-state index in [1.807, 2.05) is 0 Å². The van der Waals surface area contributed by atoms with E-state index in [9.17, 15) is 9.90 Å². The molecule has 6 nitrogen and oxygen atoms in total. The Morgan fingerprint density at radius 3 is 2.37 bits per heavy atom. The zero-order chi connectivity index (χ0) is 28.2. The van der Waals surface area contributed by atoms with Gasteiger partial charge in [0.2, 0.25) is 0 Å². The van der Waals surface area contributed by atoms with E-state index in [4.69, 9.17) is 19.0 Å². The molecule has 0 amide bonds. The number of unbranched alkanes of at least 4 members (excludes halogenated alkanes) is 5. The van der Waals surface area contributed by atoms with Crippen molar-refractivity contribution in [2.45, 2.75) is 173 Å². The van der Waals surface area contributed by atoms with Crippen LogP contribution in [0.4, 0.5) is 0 Å². The maximum atomic E-state index is 11.1. The number of carboxylic acids is 1. The molecule has 7 heteroatoms. The fourth-order valence-corrected chi connectivity index (χ4v) is 7.41. The first kappa shape index (κ1) is 33.7. The van der Waals surface area contributed by atoms with E-state index < -0.39 is 14.3 Å². The van der Waals surface area contributed by atoms with Gasteiger partial charge in [-0.05, 0) is 81.3 Å². The number of carboxylic acid groups (broad SMARTS) is 1. The van der Waals surface area contributed by atoms with E-state index in [2.05, 4.69) is 40.8 Å². The van der Waals surface area contributed by atoms with Crippen LogP contribution < -0.4 is 0 Å². The van der Waals surface area contributed by atoms with Gasteiger partial charge in [-0.1, -0.05) is 66.2 Å². The Labute approximate surface area is 234 Å². The quantitative estimate of drug-likeness (QED) is 0.131. The van der Waals surface area contributed by atoms with Gasteiger partial charge in [0.1, 0.15) is 0 Å². The summed E-state index contributed by atoms with van der Waals surface area (Å²) in [6.45, 7) is 14.7. The van der Waals surface area contributed by atoms with E-state index in [-0.39, 0.29) is 42.0 Å². The lowest BCUT2D eigenvalue weighted by molar-refractivity contribution is -0.196. The molecule has 224 valence electrons. The van der Waals surface area contributed by atoms with Gasteiger partial charge in [-0.25, -0.2) is 0 Å². The first-order chi connectivity index (χ1) is 17.9. The second kappa shape index (κ2) is 16.7. The lowest BCUT2D eigenvalue weighted by atomic mass is 9.84. The van der Waals surface area contributed by atoms with Crippen molar-refractivity contribution in [2.24, 2.45) is 11.8 Å². The van der Waals surface area contributed by atoms with E-state index in [0.29, 0.717) is 12.3 Å². The summed E-state index contributed by atoms with van der Waals surface area (Å²) in [6.07, 6.45) is 15.5. The molecule has 1 aliphatic heterocycles. The molecule has 2 N–H and O–H groups in total. The van der Waals surface area contributed by atoms with Crippen LogP contribution in [-0.2, 0) is 18.7 Å². The van der Waals surface area contributed by atoms with Crippen molar-refractivity contribution in [2.75, 3.05) is 6.61 Å². The maximum Gasteiger partial charge on any atom is 0.303 e. The largest absolute Gasteiger partial charge is 0.481 e. The highest BCUT2D eigenvalue weighted by Crippen LogP contribution is 2.43. The van der Waals surface area contributed by atoms with Gasteiger partial charge in [0, 0.05) is 25.6 Å². The summed E-state index contributed by atoms with van der Waals surface area (Å²) in [5.74, 6) is -0.173. The summed E-state index contributed by atoms with van der Waals surface area (Å²) >= 11 is 0. The van der Waals surface area contributed by atoms with Crippen molar-refractivity contribution in [3.63, 3.8) is 0 Å². The number of carbonyl (C=O) groups is 1. The van der Waals surface area contributed by atoms with Gasteiger partial charge in [-0.2, -0.15) is 0 Å². The number of hydrogen-bond donors (Lipinski definition) is 2. The minimum Gasteiger partial charge on any atom is -0.481 e. The van der Waals surface area contributed by atoms with Gasteiger partial charge >= 0.3 is 5.97 Å². The molecule has 2 aliphatic rings. The van der Waals surface area contributed by atoms with E-state index in [1.54, 1.807) is 0 Å². The molecule has 0 bridgehead atoms. The summed E-state index contributed by atoms with van der Waals surface area (Å²) < 4.78 is 19.4. The van der Waals surface area contributed by atoms with Gasteiger partial charge in [0.15, 0.2) is 14.6 Å². The van der Waals surface area contributed by atoms with E-state index in [0.717, 1.165) is 77.2 Å². The predicted octanol–water partition coefficient (Wildman–Crippen LogP) is 8.07. The Balaban J connectivity index is 2.06. The van der Waals surface area contributed by atoms with Crippen LogP contribution in [0.25, 0.3) is 0 Å².